The second-order valence-corrected chi connectivity index (χ2v) is 6.63. The number of hydrogen-bond acceptors (Lipinski definition) is 5. The number of benzene rings is 2. The van der Waals surface area contributed by atoms with Crippen molar-refractivity contribution in [3.63, 3.8) is 0 Å². The SMILES string of the molecule is COC(=O)[C@@H](N)Cc1c(Sc2ccc(C#N)cc2)[nH]c2ccccc12. The Hall–Kier alpha value is -2.75. The van der Waals surface area contributed by atoms with Gasteiger partial charge >= 0.3 is 5.97 Å². The molecule has 0 saturated heterocycles. The summed E-state index contributed by atoms with van der Waals surface area (Å²) in [6.45, 7) is 0. The van der Waals surface area contributed by atoms with E-state index in [1.165, 1.54) is 7.11 Å². The minimum absolute atomic E-state index is 0.384. The van der Waals surface area contributed by atoms with Gasteiger partial charge in [0.05, 0.1) is 23.8 Å². The van der Waals surface area contributed by atoms with Crippen LogP contribution in [-0.2, 0) is 16.0 Å². The van der Waals surface area contributed by atoms with E-state index in [2.05, 4.69) is 11.1 Å². The van der Waals surface area contributed by atoms with E-state index in [0.717, 1.165) is 26.4 Å². The predicted octanol–water partition coefficient (Wildman–Crippen LogP) is 3.23. The Morgan fingerprint density at radius 3 is 2.68 bits per heavy atom. The zero-order valence-corrected chi connectivity index (χ0v) is 14.5. The Bertz CT molecular complexity index is 941. The summed E-state index contributed by atoms with van der Waals surface area (Å²) in [6, 6.07) is 16.7. The minimum atomic E-state index is -0.718. The molecule has 0 aliphatic carbocycles. The van der Waals surface area contributed by atoms with Crippen molar-refractivity contribution in [2.45, 2.75) is 22.4 Å². The van der Waals surface area contributed by atoms with Gasteiger partial charge in [0.2, 0.25) is 0 Å². The number of rotatable bonds is 5. The molecule has 0 radical (unpaired) electrons. The van der Waals surface area contributed by atoms with Crippen LogP contribution in [-0.4, -0.2) is 24.1 Å². The highest BCUT2D eigenvalue weighted by Gasteiger charge is 2.20. The van der Waals surface area contributed by atoms with E-state index in [9.17, 15) is 4.79 Å². The van der Waals surface area contributed by atoms with Gasteiger partial charge in [0.15, 0.2) is 0 Å². The summed E-state index contributed by atoms with van der Waals surface area (Å²) < 4.78 is 4.74. The lowest BCUT2D eigenvalue weighted by molar-refractivity contribution is -0.142. The first kappa shape index (κ1) is 17.1. The molecule has 5 nitrogen and oxygen atoms in total. The fourth-order valence-electron chi connectivity index (χ4n) is 2.64. The third-order valence-electron chi connectivity index (χ3n) is 3.91. The number of aromatic nitrogens is 1. The van der Waals surface area contributed by atoms with Gasteiger partial charge in [0.1, 0.15) is 6.04 Å². The van der Waals surface area contributed by atoms with Crippen LogP contribution in [0.2, 0.25) is 0 Å². The maximum Gasteiger partial charge on any atom is 0.322 e. The molecule has 1 atom stereocenters. The van der Waals surface area contributed by atoms with Gasteiger partial charge in [0.25, 0.3) is 0 Å². The zero-order valence-electron chi connectivity index (χ0n) is 13.7. The summed E-state index contributed by atoms with van der Waals surface area (Å²) in [5, 5.41) is 10.9. The van der Waals surface area contributed by atoms with Crippen LogP contribution in [0.15, 0.2) is 58.5 Å². The van der Waals surface area contributed by atoms with E-state index < -0.39 is 12.0 Å². The maximum atomic E-state index is 11.7. The number of para-hydroxylation sites is 1. The van der Waals surface area contributed by atoms with Gasteiger partial charge in [-0.05, 0) is 35.9 Å². The molecule has 0 fully saturated rings. The number of nitrogens with two attached hydrogens (primary N) is 1. The number of esters is 1. The average molecular weight is 351 g/mol. The molecule has 0 saturated carbocycles. The minimum Gasteiger partial charge on any atom is -0.468 e. The van der Waals surface area contributed by atoms with Crippen molar-refractivity contribution in [3.05, 3.63) is 59.7 Å². The molecular formula is C19H17N3O2S. The highest BCUT2D eigenvalue weighted by molar-refractivity contribution is 7.99. The van der Waals surface area contributed by atoms with E-state index in [1.807, 2.05) is 36.4 Å². The van der Waals surface area contributed by atoms with Gasteiger partial charge < -0.3 is 15.5 Å². The van der Waals surface area contributed by atoms with Crippen LogP contribution in [0.1, 0.15) is 11.1 Å². The van der Waals surface area contributed by atoms with E-state index in [-0.39, 0.29) is 0 Å². The van der Waals surface area contributed by atoms with Crippen LogP contribution in [0.3, 0.4) is 0 Å². The second kappa shape index (κ2) is 7.43. The molecule has 0 amide bonds. The molecule has 0 spiro atoms. The van der Waals surface area contributed by atoms with E-state index >= 15 is 0 Å². The molecule has 2 aromatic carbocycles. The predicted molar refractivity (Wildman–Crippen MR) is 97.3 cm³/mol. The number of carbonyl (C=O) groups is 1. The van der Waals surface area contributed by atoms with Crippen molar-refractivity contribution in [1.82, 2.24) is 4.98 Å². The van der Waals surface area contributed by atoms with Crippen LogP contribution in [0, 0.1) is 11.3 Å². The van der Waals surface area contributed by atoms with Crippen molar-refractivity contribution >= 4 is 28.6 Å². The quantitative estimate of drug-likeness (QED) is 0.689. The highest BCUT2D eigenvalue weighted by Crippen LogP contribution is 2.35. The number of nitriles is 1. The Morgan fingerprint density at radius 1 is 1.28 bits per heavy atom. The maximum absolute atomic E-state index is 11.7. The molecular weight excluding hydrogens is 334 g/mol. The van der Waals surface area contributed by atoms with Gasteiger partial charge in [-0.3, -0.25) is 4.79 Å². The number of fused-ring (bicyclic) bond motifs is 1. The standard InChI is InChI=1S/C19H17N3O2S/c1-24-19(23)16(21)10-15-14-4-2-3-5-17(14)22-18(15)25-13-8-6-12(11-20)7-9-13/h2-9,16,22H,10,21H2,1H3/t16-/m0/s1. The van der Waals surface area contributed by atoms with Crippen molar-refractivity contribution in [2.75, 3.05) is 7.11 Å². The summed E-state index contributed by atoms with van der Waals surface area (Å²) >= 11 is 1.55. The van der Waals surface area contributed by atoms with Gasteiger partial charge in [-0.2, -0.15) is 5.26 Å². The van der Waals surface area contributed by atoms with E-state index in [0.29, 0.717) is 12.0 Å². The molecule has 3 rings (SSSR count). The van der Waals surface area contributed by atoms with Crippen LogP contribution in [0.4, 0.5) is 0 Å². The Labute approximate surface area is 149 Å². The largest absolute Gasteiger partial charge is 0.468 e. The van der Waals surface area contributed by atoms with Crippen molar-refractivity contribution in [1.29, 1.82) is 5.26 Å². The number of nitrogens with zero attached hydrogens (tertiary/aromatic N) is 1. The Balaban J connectivity index is 1.97. The lowest BCUT2D eigenvalue weighted by Gasteiger charge is -2.10. The molecule has 0 bridgehead atoms. The van der Waals surface area contributed by atoms with Gasteiger partial charge in [0, 0.05) is 22.2 Å². The molecule has 0 aliphatic rings. The molecule has 1 aromatic heterocycles. The Morgan fingerprint density at radius 2 is 2.00 bits per heavy atom. The molecule has 0 aliphatic heterocycles. The van der Waals surface area contributed by atoms with Gasteiger partial charge in [-0.1, -0.05) is 30.0 Å². The molecule has 6 heteroatoms. The summed E-state index contributed by atoms with van der Waals surface area (Å²) in [4.78, 5) is 16.1. The number of carbonyl (C=O) groups excluding carboxylic acids is 1. The second-order valence-electron chi connectivity index (χ2n) is 5.55. The molecule has 0 unspecified atom stereocenters. The number of methoxy groups -OCH3 is 1. The third kappa shape index (κ3) is 3.68. The number of H-pyrrole nitrogens is 1. The lowest BCUT2D eigenvalue weighted by atomic mass is 10.1. The molecule has 3 aromatic rings. The van der Waals surface area contributed by atoms with Gasteiger partial charge in [-0.25, -0.2) is 0 Å². The fraction of sp³-hybridized carbons (Fsp3) is 0.158. The van der Waals surface area contributed by atoms with E-state index in [1.54, 1.807) is 23.9 Å². The molecule has 25 heavy (non-hydrogen) atoms. The zero-order chi connectivity index (χ0) is 17.8. The molecule has 3 N–H and O–H groups in total. The van der Waals surface area contributed by atoms with Crippen molar-refractivity contribution in [2.24, 2.45) is 5.73 Å². The van der Waals surface area contributed by atoms with Crippen LogP contribution in [0.5, 0.6) is 0 Å². The average Bonchev–Trinajstić information content (AvgIpc) is 2.99. The van der Waals surface area contributed by atoms with Crippen LogP contribution >= 0.6 is 11.8 Å². The first-order chi connectivity index (χ1) is 12.1. The number of nitrogens with one attached hydrogen (secondary N) is 1. The van der Waals surface area contributed by atoms with Crippen LogP contribution < -0.4 is 5.73 Å². The fourth-order valence-corrected chi connectivity index (χ4v) is 3.62. The summed E-state index contributed by atoms with van der Waals surface area (Å²) in [5.41, 5.74) is 8.58. The molecule has 126 valence electrons. The van der Waals surface area contributed by atoms with Gasteiger partial charge in [-0.15, -0.1) is 0 Å². The first-order valence-electron chi connectivity index (χ1n) is 7.73. The summed E-state index contributed by atoms with van der Waals surface area (Å²) in [5.74, 6) is -0.431. The summed E-state index contributed by atoms with van der Waals surface area (Å²) in [6.07, 6.45) is 0.384. The van der Waals surface area contributed by atoms with Crippen molar-refractivity contribution in [3.8, 4) is 6.07 Å². The number of aromatic amines is 1. The number of hydrogen-bond donors (Lipinski definition) is 2. The first-order valence-corrected chi connectivity index (χ1v) is 8.55. The topological polar surface area (TPSA) is 91.9 Å². The Kier molecular flexibility index (Phi) is 5.08. The highest BCUT2D eigenvalue weighted by atomic mass is 32.2. The smallest absolute Gasteiger partial charge is 0.322 e. The monoisotopic (exact) mass is 351 g/mol. The normalized spacial score (nSPS) is 11.9. The van der Waals surface area contributed by atoms with Crippen molar-refractivity contribution < 1.29 is 9.53 Å². The third-order valence-corrected chi connectivity index (χ3v) is 4.97. The molecule has 1 heterocycles. The van der Waals surface area contributed by atoms with Crippen LogP contribution in [0.25, 0.3) is 10.9 Å². The summed E-state index contributed by atoms with van der Waals surface area (Å²) in [7, 11) is 1.34. The lowest BCUT2D eigenvalue weighted by Crippen LogP contribution is -2.33. The van der Waals surface area contributed by atoms with E-state index in [4.69, 9.17) is 15.7 Å². The number of ether oxygens (including phenoxy) is 1.